The fraction of sp³-hybridized carbons (Fsp3) is 0.474. The van der Waals surface area contributed by atoms with E-state index in [1.54, 1.807) is 19.2 Å². The molecule has 3 rings (SSSR count). The molecule has 1 aliphatic heterocycles. The van der Waals surface area contributed by atoms with Crippen molar-refractivity contribution < 1.29 is 18.0 Å². The number of halogens is 3. The molecule has 0 aliphatic carbocycles. The Hall–Kier alpha value is -1.93. The first kappa shape index (κ1) is 19.8. The molecule has 1 amide bonds. The Labute approximate surface area is 160 Å². The van der Waals surface area contributed by atoms with Crippen LogP contribution in [0.15, 0.2) is 30.5 Å². The van der Waals surface area contributed by atoms with Crippen LogP contribution in [0.5, 0.6) is 0 Å². The number of hydrogen-bond donors (Lipinski definition) is 2. The summed E-state index contributed by atoms with van der Waals surface area (Å²) in [5.41, 5.74) is -0.381. The van der Waals surface area contributed by atoms with Gasteiger partial charge in [-0.1, -0.05) is 25.1 Å². The summed E-state index contributed by atoms with van der Waals surface area (Å²) >= 11 is 1.45. The Morgan fingerprint density at radius 2 is 2.11 bits per heavy atom. The van der Waals surface area contributed by atoms with Gasteiger partial charge in [0.05, 0.1) is 11.5 Å². The van der Waals surface area contributed by atoms with Gasteiger partial charge < -0.3 is 10.6 Å². The van der Waals surface area contributed by atoms with E-state index in [-0.39, 0.29) is 5.91 Å². The summed E-state index contributed by atoms with van der Waals surface area (Å²) in [6.45, 7) is 3.72. The van der Waals surface area contributed by atoms with E-state index in [0.717, 1.165) is 42.9 Å². The highest BCUT2D eigenvalue weighted by molar-refractivity contribution is 7.15. The van der Waals surface area contributed by atoms with E-state index in [2.05, 4.69) is 15.6 Å². The highest BCUT2D eigenvalue weighted by Crippen LogP contribution is 2.34. The molecule has 1 atom stereocenters. The molecule has 1 aromatic heterocycles. The van der Waals surface area contributed by atoms with Crippen LogP contribution in [0.1, 0.15) is 54.0 Å². The lowest BCUT2D eigenvalue weighted by Crippen LogP contribution is -2.26. The highest BCUT2D eigenvalue weighted by atomic mass is 32.1. The van der Waals surface area contributed by atoms with Crippen molar-refractivity contribution in [2.75, 3.05) is 18.4 Å². The number of rotatable bonds is 5. The molecule has 1 saturated heterocycles. The van der Waals surface area contributed by atoms with Gasteiger partial charge in [-0.2, -0.15) is 13.2 Å². The number of carbonyl (C=O) groups excluding carboxylic acids is 1. The molecule has 0 bridgehead atoms. The normalized spacial score (nSPS) is 16.9. The molecule has 27 heavy (non-hydrogen) atoms. The van der Waals surface area contributed by atoms with Gasteiger partial charge in [0, 0.05) is 11.1 Å². The van der Waals surface area contributed by atoms with Crippen molar-refractivity contribution in [1.82, 2.24) is 10.3 Å². The molecule has 1 aliphatic rings. The van der Waals surface area contributed by atoms with E-state index < -0.39 is 17.7 Å². The van der Waals surface area contributed by atoms with Crippen LogP contribution in [0.3, 0.4) is 0 Å². The monoisotopic (exact) mass is 397 g/mol. The van der Waals surface area contributed by atoms with E-state index in [4.69, 9.17) is 0 Å². The van der Waals surface area contributed by atoms with Gasteiger partial charge in [0.15, 0.2) is 5.13 Å². The number of piperidine rings is 1. The van der Waals surface area contributed by atoms with Crippen LogP contribution in [0, 0.1) is 0 Å². The van der Waals surface area contributed by atoms with E-state index in [1.807, 2.05) is 0 Å². The number of hydrogen-bond acceptors (Lipinski definition) is 4. The average molecular weight is 397 g/mol. The molecular weight excluding hydrogens is 375 g/mol. The maximum atomic E-state index is 12.9. The van der Waals surface area contributed by atoms with E-state index >= 15 is 0 Å². The standard InChI is InChI=1S/C19H22F3N3OS/c1-2-15(13-4-3-5-14(10-13)19(20,21)22)17(26)25-18-24-11-16(27-18)12-6-8-23-9-7-12/h3-5,10-12,15,23H,2,6-9H2,1H3,(H,24,25,26). The summed E-state index contributed by atoms with van der Waals surface area (Å²) in [6, 6.07) is 4.97. The topological polar surface area (TPSA) is 54.0 Å². The van der Waals surface area contributed by atoms with Crippen molar-refractivity contribution in [1.29, 1.82) is 0 Å². The Bertz CT molecular complexity index is 785. The molecule has 0 spiro atoms. The molecule has 2 heterocycles. The van der Waals surface area contributed by atoms with Gasteiger partial charge in [-0.25, -0.2) is 4.98 Å². The minimum Gasteiger partial charge on any atom is -0.317 e. The van der Waals surface area contributed by atoms with Crippen molar-refractivity contribution >= 4 is 22.4 Å². The van der Waals surface area contributed by atoms with Gasteiger partial charge in [-0.15, -0.1) is 11.3 Å². The summed E-state index contributed by atoms with van der Waals surface area (Å²) in [4.78, 5) is 18.1. The molecule has 8 heteroatoms. The third-order valence-corrected chi connectivity index (χ3v) is 5.91. The van der Waals surface area contributed by atoms with Crippen LogP contribution < -0.4 is 10.6 Å². The zero-order chi connectivity index (χ0) is 19.4. The van der Waals surface area contributed by atoms with Crippen LogP contribution in [-0.4, -0.2) is 24.0 Å². The number of nitrogens with one attached hydrogen (secondary N) is 2. The fourth-order valence-electron chi connectivity index (χ4n) is 3.34. The minimum absolute atomic E-state index is 0.331. The smallest absolute Gasteiger partial charge is 0.317 e. The fourth-order valence-corrected chi connectivity index (χ4v) is 4.32. The molecule has 0 radical (unpaired) electrons. The number of thiazole rings is 1. The number of benzene rings is 1. The number of amides is 1. The van der Waals surface area contributed by atoms with Crippen molar-refractivity contribution in [3.8, 4) is 0 Å². The quantitative estimate of drug-likeness (QED) is 0.765. The number of aromatic nitrogens is 1. The Morgan fingerprint density at radius 1 is 1.37 bits per heavy atom. The summed E-state index contributed by atoms with van der Waals surface area (Å²) < 4.78 is 38.8. The molecule has 1 aromatic carbocycles. The predicted octanol–water partition coefficient (Wildman–Crippen LogP) is 4.76. The van der Waals surface area contributed by atoms with Crippen molar-refractivity contribution in [3.05, 3.63) is 46.5 Å². The SMILES string of the molecule is CCC(C(=O)Nc1ncc(C2CCNCC2)s1)c1cccc(C(F)(F)F)c1. The lowest BCUT2D eigenvalue weighted by Gasteiger charge is -2.20. The van der Waals surface area contributed by atoms with Crippen LogP contribution in [0.2, 0.25) is 0 Å². The molecule has 4 nitrogen and oxygen atoms in total. The van der Waals surface area contributed by atoms with E-state index in [0.29, 0.717) is 23.0 Å². The molecular formula is C19H22F3N3OS. The van der Waals surface area contributed by atoms with Crippen LogP contribution in [0.4, 0.5) is 18.3 Å². The predicted molar refractivity (Wildman–Crippen MR) is 100 cm³/mol. The Balaban J connectivity index is 1.71. The second-order valence-electron chi connectivity index (χ2n) is 6.67. The first-order valence-corrected chi connectivity index (χ1v) is 9.84. The molecule has 2 aromatic rings. The molecule has 1 unspecified atom stereocenters. The van der Waals surface area contributed by atoms with Crippen LogP contribution in [0.25, 0.3) is 0 Å². The summed E-state index contributed by atoms with van der Waals surface area (Å²) in [7, 11) is 0. The number of carbonyl (C=O) groups is 1. The number of alkyl halides is 3. The molecule has 0 saturated carbocycles. The first-order valence-electron chi connectivity index (χ1n) is 9.03. The van der Waals surface area contributed by atoms with Gasteiger partial charge >= 0.3 is 6.18 Å². The molecule has 1 fully saturated rings. The maximum absolute atomic E-state index is 12.9. The van der Waals surface area contributed by atoms with E-state index in [9.17, 15) is 18.0 Å². The lowest BCUT2D eigenvalue weighted by atomic mass is 9.94. The van der Waals surface area contributed by atoms with Crippen LogP contribution >= 0.6 is 11.3 Å². The maximum Gasteiger partial charge on any atom is 0.416 e. The van der Waals surface area contributed by atoms with E-state index in [1.165, 1.54) is 17.4 Å². The Morgan fingerprint density at radius 3 is 2.78 bits per heavy atom. The average Bonchev–Trinajstić information content (AvgIpc) is 3.11. The van der Waals surface area contributed by atoms with Crippen LogP contribution in [-0.2, 0) is 11.0 Å². The highest BCUT2D eigenvalue weighted by Gasteiger charge is 2.31. The second-order valence-corrected chi connectivity index (χ2v) is 7.73. The van der Waals surface area contributed by atoms with Gasteiger partial charge in [0.1, 0.15) is 0 Å². The van der Waals surface area contributed by atoms with Gasteiger partial charge in [-0.3, -0.25) is 4.79 Å². The summed E-state index contributed by atoms with van der Waals surface area (Å²) in [5, 5.41) is 6.59. The van der Waals surface area contributed by atoms with Gasteiger partial charge in [0.25, 0.3) is 0 Å². The summed E-state index contributed by atoms with van der Waals surface area (Å²) in [6.07, 6.45) is -0.153. The van der Waals surface area contributed by atoms with Crippen molar-refractivity contribution in [2.24, 2.45) is 0 Å². The third-order valence-electron chi connectivity index (χ3n) is 4.84. The second kappa shape index (κ2) is 8.39. The van der Waals surface area contributed by atoms with Gasteiger partial charge in [-0.05, 0) is 49.9 Å². The van der Waals surface area contributed by atoms with Crippen molar-refractivity contribution in [3.63, 3.8) is 0 Å². The Kier molecular flexibility index (Phi) is 6.16. The molecule has 2 N–H and O–H groups in total. The number of nitrogens with zero attached hydrogens (tertiary/aromatic N) is 1. The van der Waals surface area contributed by atoms with Crippen molar-refractivity contribution in [2.45, 2.75) is 44.2 Å². The minimum atomic E-state index is -4.43. The van der Waals surface area contributed by atoms with Gasteiger partial charge in [0.2, 0.25) is 5.91 Å². The lowest BCUT2D eigenvalue weighted by molar-refractivity contribution is -0.137. The largest absolute Gasteiger partial charge is 0.416 e. The zero-order valence-corrected chi connectivity index (χ0v) is 15.8. The summed E-state index contributed by atoms with van der Waals surface area (Å²) in [5.74, 6) is -0.540. The first-order chi connectivity index (χ1) is 12.9. The molecule has 146 valence electrons. The number of anilines is 1. The third kappa shape index (κ3) is 4.87. The zero-order valence-electron chi connectivity index (χ0n) is 15.0.